The van der Waals surface area contributed by atoms with Crippen molar-refractivity contribution in [3.8, 4) is 0 Å². The summed E-state index contributed by atoms with van der Waals surface area (Å²) >= 11 is 0. The number of carbonyl (C=O) groups is 2. The second kappa shape index (κ2) is 37.0. The van der Waals surface area contributed by atoms with E-state index in [1.807, 2.05) is 18.2 Å². The molecule has 8 atom stereocenters. The number of aliphatic hydroxyl groups excluding tert-OH is 5. The highest BCUT2D eigenvalue weighted by Gasteiger charge is 2.51. The van der Waals surface area contributed by atoms with Crippen LogP contribution in [0.2, 0.25) is 0 Å². The summed E-state index contributed by atoms with van der Waals surface area (Å²) in [6, 6.07) is 0. The monoisotopic (exact) mass is 885 g/mol. The van der Waals surface area contributed by atoms with Crippen molar-refractivity contribution in [2.75, 3.05) is 13.2 Å². The molecule has 6 N–H and O–H groups in total. The van der Waals surface area contributed by atoms with Crippen LogP contribution in [0.4, 0.5) is 0 Å². The molecule has 0 saturated heterocycles. The van der Waals surface area contributed by atoms with Gasteiger partial charge in [0.05, 0.1) is 6.61 Å². The van der Waals surface area contributed by atoms with Crippen molar-refractivity contribution in [2.45, 2.75) is 211 Å². The fraction of sp³-hybridized carbons (Fsp3) is 0.745. The van der Waals surface area contributed by atoms with Gasteiger partial charge in [-0.3, -0.25) is 18.6 Å². The number of phosphoric ester groups is 1. The van der Waals surface area contributed by atoms with Gasteiger partial charge in [-0.1, -0.05) is 164 Å². The summed E-state index contributed by atoms with van der Waals surface area (Å²) < 4.78 is 33.4. The number of aliphatic hydroxyl groups is 5. The maximum Gasteiger partial charge on any atom is 0.472 e. The van der Waals surface area contributed by atoms with Gasteiger partial charge < -0.3 is 39.9 Å². The lowest BCUT2D eigenvalue weighted by Crippen LogP contribution is -2.64. The van der Waals surface area contributed by atoms with Gasteiger partial charge in [-0.05, 0) is 51.4 Å². The predicted octanol–water partition coefficient (Wildman–Crippen LogP) is 8.94. The van der Waals surface area contributed by atoms with Crippen molar-refractivity contribution in [3.05, 3.63) is 60.8 Å². The van der Waals surface area contributed by atoms with E-state index >= 15 is 0 Å². The first-order valence-corrected chi connectivity index (χ1v) is 24.6. The van der Waals surface area contributed by atoms with Gasteiger partial charge in [0.2, 0.25) is 0 Å². The maximum atomic E-state index is 12.8. The lowest BCUT2D eigenvalue weighted by molar-refractivity contribution is -0.220. The van der Waals surface area contributed by atoms with Crippen LogP contribution in [0.15, 0.2) is 60.8 Å². The minimum atomic E-state index is -5.14. The van der Waals surface area contributed by atoms with E-state index in [-0.39, 0.29) is 12.8 Å². The van der Waals surface area contributed by atoms with E-state index in [0.29, 0.717) is 19.3 Å². The summed E-state index contributed by atoms with van der Waals surface area (Å²) in [5, 5.41) is 50.1. The number of phosphoric acid groups is 1. The molecule has 0 radical (unpaired) electrons. The minimum absolute atomic E-state index is 0.0274. The Morgan fingerprint density at radius 1 is 0.508 bits per heavy atom. The molecule has 61 heavy (non-hydrogen) atoms. The summed E-state index contributed by atoms with van der Waals surface area (Å²) in [6.45, 7) is 3.20. The third kappa shape index (κ3) is 29.5. The Labute approximate surface area is 366 Å². The molecular formula is C47H81O13P. The molecule has 1 saturated carbocycles. The van der Waals surface area contributed by atoms with Crippen LogP contribution in [0.25, 0.3) is 0 Å². The second-order valence-corrected chi connectivity index (χ2v) is 17.3. The van der Waals surface area contributed by atoms with E-state index in [0.717, 1.165) is 44.9 Å². The normalized spacial score (nSPS) is 22.6. The smallest absolute Gasteiger partial charge is 0.462 e. The number of ether oxygens (including phenoxy) is 2. The van der Waals surface area contributed by atoms with Gasteiger partial charge in [0.25, 0.3) is 0 Å². The van der Waals surface area contributed by atoms with Crippen LogP contribution in [0.5, 0.6) is 0 Å². The van der Waals surface area contributed by atoms with Gasteiger partial charge in [-0.2, -0.15) is 0 Å². The van der Waals surface area contributed by atoms with Crippen LogP contribution < -0.4 is 0 Å². The molecular weight excluding hydrogens is 803 g/mol. The molecule has 0 spiro atoms. The molecule has 0 aromatic carbocycles. The van der Waals surface area contributed by atoms with Crippen LogP contribution >= 0.6 is 7.82 Å². The minimum Gasteiger partial charge on any atom is -0.462 e. The van der Waals surface area contributed by atoms with Crippen LogP contribution in [-0.4, -0.2) is 98.3 Å². The second-order valence-electron chi connectivity index (χ2n) is 15.9. The molecule has 14 heteroatoms. The van der Waals surface area contributed by atoms with Crippen molar-refractivity contribution < 1.29 is 63.1 Å². The quantitative estimate of drug-likeness (QED) is 0.0149. The molecule has 13 nitrogen and oxygen atoms in total. The molecule has 0 aromatic rings. The molecule has 0 bridgehead atoms. The molecule has 0 heterocycles. The van der Waals surface area contributed by atoms with Crippen LogP contribution in [0, 0.1) is 0 Å². The molecule has 6 unspecified atom stereocenters. The van der Waals surface area contributed by atoms with Crippen molar-refractivity contribution in [1.82, 2.24) is 0 Å². The average Bonchev–Trinajstić information content (AvgIpc) is 3.24. The van der Waals surface area contributed by atoms with Crippen LogP contribution in [-0.2, 0) is 32.7 Å². The number of hydrogen-bond donors (Lipinski definition) is 6. The molecule has 0 aromatic heterocycles. The first-order chi connectivity index (χ1) is 29.4. The Morgan fingerprint density at radius 3 is 1.41 bits per heavy atom. The highest BCUT2D eigenvalue weighted by atomic mass is 31.2. The Bertz CT molecular complexity index is 1300. The topological polar surface area (TPSA) is 210 Å². The number of unbranched alkanes of at least 4 members (excludes halogenated alkanes) is 15. The summed E-state index contributed by atoms with van der Waals surface area (Å²) in [7, 11) is -5.14. The van der Waals surface area contributed by atoms with Gasteiger partial charge >= 0.3 is 19.8 Å². The number of rotatable bonds is 37. The fourth-order valence-electron chi connectivity index (χ4n) is 6.62. The van der Waals surface area contributed by atoms with E-state index < -0.39 is 75.7 Å². The van der Waals surface area contributed by atoms with Crippen molar-refractivity contribution >= 4 is 19.8 Å². The molecule has 1 aliphatic carbocycles. The SMILES string of the molecule is CCCCCC=CCC=CCC=CCC=CCC=CCCC(=O)O[C@H](COC(=O)CCCCCCCCCCCCCCC)COP(=O)(O)OC1C(O)C(O)C(O)[C@@H](O)C1O. The Morgan fingerprint density at radius 2 is 0.918 bits per heavy atom. The van der Waals surface area contributed by atoms with E-state index in [9.17, 15) is 44.6 Å². The predicted molar refractivity (Wildman–Crippen MR) is 239 cm³/mol. The standard InChI is InChI=1S/C47H81O13P/c1-3-5-7-9-11-13-15-17-18-19-20-21-22-24-26-28-30-32-34-36-41(49)59-39(38-58-61(55,56)60-47-45(53)43(51)42(50)44(52)46(47)54)37-57-40(48)35-33-31-29-27-25-23-16-14-12-10-8-6-4-2/h11,13,17-18,20-21,24,26,30,32,39,42-47,50-54H,3-10,12,14-16,19,22-23,25,27-29,31,33-38H2,1-2H3,(H,55,56)/t39-,42?,43-,44?,45?,46?,47?/m1/s1. The highest BCUT2D eigenvalue weighted by molar-refractivity contribution is 7.47. The zero-order valence-corrected chi connectivity index (χ0v) is 38.1. The molecule has 0 amide bonds. The van der Waals surface area contributed by atoms with Gasteiger partial charge in [-0.25, -0.2) is 4.57 Å². The maximum absolute atomic E-state index is 12.8. The Hall–Kier alpha value is -2.45. The van der Waals surface area contributed by atoms with E-state index in [2.05, 4.69) is 56.4 Å². The first kappa shape index (κ1) is 56.6. The molecule has 1 rings (SSSR count). The van der Waals surface area contributed by atoms with Gasteiger partial charge in [0, 0.05) is 12.8 Å². The van der Waals surface area contributed by atoms with Crippen molar-refractivity contribution in [2.24, 2.45) is 0 Å². The average molecular weight is 885 g/mol. The number of allylic oxidation sites excluding steroid dienone is 10. The van der Waals surface area contributed by atoms with Crippen molar-refractivity contribution in [3.63, 3.8) is 0 Å². The summed E-state index contributed by atoms with van der Waals surface area (Å²) in [6.07, 6.45) is 31.5. The number of esters is 2. The molecule has 1 aliphatic rings. The third-order valence-electron chi connectivity index (χ3n) is 10.4. The van der Waals surface area contributed by atoms with Gasteiger partial charge in [0.15, 0.2) is 6.10 Å². The summed E-state index contributed by atoms with van der Waals surface area (Å²) in [4.78, 5) is 35.6. The van der Waals surface area contributed by atoms with E-state index in [1.165, 1.54) is 77.0 Å². The molecule has 0 aliphatic heterocycles. The van der Waals surface area contributed by atoms with Crippen molar-refractivity contribution in [1.29, 1.82) is 0 Å². The van der Waals surface area contributed by atoms with E-state index in [1.54, 1.807) is 0 Å². The van der Waals surface area contributed by atoms with Crippen LogP contribution in [0.1, 0.15) is 168 Å². The summed E-state index contributed by atoms with van der Waals surface area (Å²) in [5.41, 5.74) is 0. The lowest BCUT2D eigenvalue weighted by Gasteiger charge is -2.41. The highest BCUT2D eigenvalue weighted by Crippen LogP contribution is 2.47. The zero-order valence-electron chi connectivity index (χ0n) is 37.2. The number of hydrogen-bond acceptors (Lipinski definition) is 12. The first-order valence-electron chi connectivity index (χ1n) is 23.1. The summed E-state index contributed by atoms with van der Waals surface area (Å²) in [5.74, 6) is -1.20. The molecule has 352 valence electrons. The fourth-order valence-corrected chi connectivity index (χ4v) is 7.59. The Balaban J connectivity index is 2.52. The largest absolute Gasteiger partial charge is 0.472 e. The van der Waals surface area contributed by atoms with Crippen LogP contribution in [0.3, 0.4) is 0 Å². The third-order valence-corrected chi connectivity index (χ3v) is 11.4. The Kier molecular flexibility index (Phi) is 34.3. The lowest BCUT2D eigenvalue weighted by atomic mass is 9.85. The molecule has 1 fully saturated rings. The van der Waals surface area contributed by atoms with Gasteiger partial charge in [-0.15, -0.1) is 0 Å². The zero-order chi connectivity index (χ0) is 45.0. The number of carbonyl (C=O) groups excluding carboxylic acids is 2. The van der Waals surface area contributed by atoms with E-state index in [4.69, 9.17) is 18.5 Å². The van der Waals surface area contributed by atoms with Gasteiger partial charge in [0.1, 0.15) is 43.2 Å².